The molecular formula is C20H18F2N2O7. The van der Waals surface area contributed by atoms with E-state index < -0.39 is 58.3 Å². The van der Waals surface area contributed by atoms with Gasteiger partial charge in [-0.1, -0.05) is 12.1 Å². The number of nitro benzene ring substituents is 1. The Hall–Kier alpha value is -3.89. The van der Waals surface area contributed by atoms with Gasteiger partial charge >= 0.3 is 11.9 Å². The van der Waals surface area contributed by atoms with Crippen LogP contribution in [0.3, 0.4) is 0 Å². The Morgan fingerprint density at radius 1 is 1.16 bits per heavy atom. The molecule has 11 heteroatoms. The first-order valence-electron chi connectivity index (χ1n) is 9.02. The first-order valence-corrected chi connectivity index (χ1v) is 9.02. The Morgan fingerprint density at radius 2 is 1.81 bits per heavy atom. The number of hydrogen-bond acceptors (Lipinski definition) is 6. The van der Waals surface area contributed by atoms with Crippen LogP contribution >= 0.6 is 0 Å². The SMILES string of the molecule is CCOC(=O)C[C@H](c1ccc([N+](=O)[O-])cc1)[C@H](NC(=O)c1ccc(F)cc1F)C(=O)O. The van der Waals surface area contributed by atoms with Gasteiger partial charge in [0.2, 0.25) is 0 Å². The minimum Gasteiger partial charge on any atom is -0.480 e. The number of hydrogen-bond donors (Lipinski definition) is 2. The number of carbonyl (C=O) groups is 3. The summed E-state index contributed by atoms with van der Waals surface area (Å²) in [5.74, 6) is -6.75. The molecule has 0 aliphatic heterocycles. The van der Waals surface area contributed by atoms with Crippen LogP contribution in [0.15, 0.2) is 42.5 Å². The van der Waals surface area contributed by atoms with E-state index >= 15 is 0 Å². The van der Waals surface area contributed by atoms with Crippen molar-refractivity contribution < 1.29 is 37.9 Å². The van der Waals surface area contributed by atoms with Gasteiger partial charge in [0.1, 0.15) is 17.7 Å². The molecule has 0 spiro atoms. The van der Waals surface area contributed by atoms with Crippen molar-refractivity contribution in [2.75, 3.05) is 6.61 Å². The molecule has 0 aliphatic carbocycles. The zero-order chi connectivity index (χ0) is 23.1. The maximum absolute atomic E-state index is 13.9. The lowest BCUT2D eigenvalue weighted by atomic mass is 9.88. The molecule has 31 heavy (non-hydrogen) atoms. The third-order valence-electron chi connectivity index (χ3n) is 4.35. The van der Waals surface area contributed by atoms with E-state index in [0.717, 1.165) is 24.3 Å². The van der Waals surface area contributed by atoms with Gasteiger partial charge in [-0.3, -0.25) is 19.7 Å². The number of carbonyl (C=O) groups excluding carboxylic acids is 2. The molecule has 9 nitrogen and oxygen atoms in total. The molecule has 164 valence electrons. The largest absolute Gasteiger partial charge is 0.480 e. The lowest BCUT2D eigenvalue weighted by Crippen LogP contribution is -2.46. The lowest BCUT2D eigenvalue weighted by Gasteiger charge is -2.25. The topological polar surface area (TPSA) is 136 Å². The van der Waals surface area contributed by atoms with Crippen molar-refractivity contribution in [3.63, 3.8) is 0 Å². The number of carboxylic acids is 1. The second-order valence-electron chi connectivity index (χ2n) is 6.38. The molecule has 2 aromatic carbocycles. The minimum absolute atomic E-state index is 0.0245. The molecular weight excluding hydrogens is 418 g/mol. The average Bonchev–Trinajstić information content (AvgIpc) is 2.70. The molecule has 0 saturated carbocycles. The van der Waals surface area contributed by atoms with Crippen LogP contribution in [-0.4, -0.2) is 40.5 Å². The molecule has 0 radical (unpaired) electrons. The molecule has 1 amide bonds. The second kappa shape index (κ2) is 10.2. The normalized spacial score (nSPS) is 12.5. The molecule has 0 unspecified atom stereocenters. The van der Waals surface area contributed by atoms with Gasteiger partial charge in [-0.25, -0.2) is 13.6 Å². The quantitative estimate of drug-likeness (QED) is 0.350. The van der Waals surface area contributed by atoms with Crippen molar-refractivity contribution in [3.8, 4) is 0 Å². The van der Waals surface area contributed by atoms with Crippen LogP contribution in [-0.2, 0) is 14.3 Å². The summed E-state index contributed by atoms with van der Waals surface area (Å²) in [7, 11) is 0. The zero-order valence-corrected chi connectivity index (χ0v) is 16.2. The molecule has 0 heterocycles. The molecule has 2 aromatic rings. The summed E-state index contributed by atoms with van der Waals surface area (Å²) in [5, 5.41) is 22.7. The van der Waals surface area contributed by atoms with E-state index in [2.05, 4.69) is 5.32 Å². The Balaban J connectivity index is 2.40. The van der Waals surface area contributed by atoms with Crippen molar-refractivity contribution in [1.29, 1.82) is 0 Å². The molecule has 0 aromatic heterocycles. The van der Waals surface area contributed by atoms with Crippen molar-refractivity contribution in [1.82, 2.24) is 5.32 Å². The fourth-order valence-corrected chi connectivity index (χ4v) is 2.90. The Labute approximate surface area is 174 Å². The summed E-state index contributed by atoms with van der Waals surface area (Å²) < 4.78 is 31.9. The van der Waals surface area contributed by atoms with Crippen LogP contribution in [0.4, 0.5) is 14.5 Å². The van der Waals surface area contributed by atoms with Crippen LogP contribution in [0.1, 0.15) is 35.2 Å². The van der Waals surface area contributed by atoms with Gasteiger partial charge < -0.3 is 15.2 Å². The maximum Gasteiger partial charge on any atom is 0.326 e. The van der Waals surface area contributed by atoms with Crippen molar-refractivity contribution in [3.05, 3.63) is 75.3 Å². The third-order valence-corrected chi connectivity index (χ3v) is 4.35. The molecule has 2 rings (SSSR count). The number of esters is 1. The summed E-state index contributed by atoms with van der Waals surface area (Å²) in [6.45, 7) is 1.57. The van der Waals surface area contributed by atoms with E-state index in [4.69, 9.17) is 4.74 Å². The fourth-order valence-electron chi connectivity index (χ4n) is 2.90. The van der Waals surface area contributed by atoms with Gasteiger partial charge in [-0.15, -0.1) is 0 Å². The Morgan fingerprint density at radius 3 is 2.32 bits per heavy atom. The fraction of sp³-hybridized carbons (Fsp3) is 0.250. The third kappa shape index (κ3) is 6.04. The van der Waals surface area contributed by atoms with E-state index in [1.807, 2.05) is 0 Å². The molecule has 2 atom stereocenters. The van der Waals surface area contributed by atoms with Gasteiger partial charge in [0, 0.05) is 24.1 Å². The van der Waals surface area contributed by atoms with Crippen molar-refractivity contribution in [2.24, 2.45) is 0 Å². The number of nitrogens with one attached hydrogen (secondary N) is 1. The second-order valence-corrected chi connectivity index (χ2v) is 6.38. The van der Waals surface area contributed by atoms with E-state index in [9.17, 15) is 38.4 Å². The molecule has 2 N–H and O–H groups in total. The highest BCUT2D eigenvalue weighted by Gasteiger charge is 2.34. The minimum atomic E-state index is -1.72. The molecule has 0 fully saturated rings. The Bertz CT molecular complexity index is 996. The van der Waals surface area contributed by atoms with Gasteiger partial charge in [-0.2, -0.15) is 0 Å². The number of amides is 1. The van der Waals surface area contributed by atoms with Crippen LogP contribution in [0.2, 0.25) is 0 Å². The lowest BCUT2D eigenvalue weighted by molar-refractivity contribution is -0.384. The van der Waals surface area contributed by atoms with E-state index in [-0.39, 0.29) is 17.9 Å². The highest BCUT2D eigenvalue weighted by Crippen LogP contribution is 2.27. The number of carboxylic acid groups (broad SMARTS) is 1. The number of ether oxygens (including phenoxy) is 1. The predicted molar refractivity (Wildman–Crippen MR) is 102 cm³/mol. The first kappa shape index (κ1) is 23.4. The van der Waals surface area contributed by atoms with Crippen LogP contribution in [0.5, 0.6) is 0 Å². The highest BCUT2D eigenvalue weighted by atomic mass is 19.1. The average molecular weight is 436 g/mol. The van der Waals surface area contributed by atoms with Crippen LogP contribution in [0, 0.1) is 21.7 Å². The van der Waals surface area contributed by atoms with Crippen LogP contribution in [0.25, 0.3) is 0 Å². The molecule has 0 saturated heterocycles. The Kier molecular flexibility index (Phi) is 7.72. The van der Waals surface area contributed by atoms with E-state index in [0.29, 0.717) is 6.07 Å². The van der Waals surface area contributed by atoms with Crippen molar-refractivity contribution in [2.45, 2.75) is 25.3 Å². The molecule has 0 bridgehead atoms. The number of rotatable bonds is 9. The maximum atomic E-state index is 13.9. The number of benzene rings is 2. The van der Waals surface area contributed by atoms with Gasteiger partial charge in [0.25, 0.3) is 11.6 Å². The number of nitrogens with zero attached hydrogens (tertiary/aromatic N) is 1. The first-order chi connectivity index (χ1) is 14.6. The smallest absolute Gasteiger partial charge is 0.326 e. The summed E-state index contributed by atoms with van der Waals surface area (Å²) in [6.07, 6.45) is -0.477. The van der Waals surface area contributed by atoms with Gasteiger partial charge in [-0.05, 0) is 24.6 Å². The molecule has 0 aliphatic rings. The predicted octanol–water partition coefficient (Wildman–Crippen LogP) is 2.79. The van der Waals surface area contributed by atoms with E-state index in [1.54, 1.807) is 6.92 Å². The number of aliphatic carboxylic acids is 1. The standard InChI is InChI=1S/C20H18F2N2O7/c1-2-31-17(25)10-15(11-3-6-13(7-4-11)24(29)30)18(20(27)28)23-19(26)14-8-5-12(21)9-16(14)22/h3-9,15,18H,2,10H2,1H3,(H,23,26)(H,27,28)/t15-,18+/m1/s1. The van der Waals surface area contributed by atoms with E-state index in [1.165, 1.54) is 12.1 Å². The summed E-state index contributed by atoms with van der Waals surface area (Å²) in [6, 6.07) is 5.18. The summed E-state index contributed by atoms with van der Waals surface area (Å²) >= 11 is 0. The summed E-state index contributed by atoms with van der Waals surface area (Å²) in [4.78, 5) is 46.6. The van der Waals surface area contributed by atoms with Gasteiger partial charge in [0.15, 0.2) is 0 Å². The number of halogens is 2. The van der Waals surface area contributed by atoms with Gasteiger partial charge in [0.05, 0.1) is 23.5 Å². The summed E-state index contributed by atoms with van der Waals surface area (Å²) in [5.41, 5.74) is -0.653. The monoisotopic (exact) mass is 436 g/mol. The zero-order valence-electron chi connectivity index (χ0n) is 16.2. The number of nitro groups is 1. The number of non-ortho nitro benzene ring substituents is 1. The van der Waals surface area contributed by atoms with Crippen molar-refractivity contribution >= 4 is 23.5 Å². The highest BCUT2D eigenvalue weighted by molar-refractivity contribution is 5.97. The van der Waals surface area contributed by atoms with Crippen LogP contribution < -0.4 is 5.32 Å².